The third-order valence-electron chi connectivity index (χ3n) is 2.66. The third-order valence-corrected chi connectivity index (χ3v) is 2.66. The second kappa shape index (κ2) is 7.34. The Balaban J connectivity index is 2.01. The molecule has 0 aliphatic heterocycles. The number of rotatable bonds is 6. The fourth-order valence-electron chi connectivity index (χ4n) is 1.66. The summed E-state index contributed by atoms with van der Waals surface area (Å²) in [6, 6.07) is 17.8. The number of para-hydroxylation sites is 2. The Bertz CT molecular complexity index is 550. The molecule has 0 aliphatic carbocycles. The van der Waals surface area contributed by atoms with Gasteiger partial charge in [-0.15, -0.1) is 0 Å². The highest BCUT2D eigenvalue weighted by Crippen LogP contribution is 2.17. The molecule has 0 aliphatic rings. The first-order valence-corrected chi connectivity index (χ1v) is 6.81. The van der Waals surface area contributed by atoms with Gasteiger partial charge in [-0.05, 0) is 30.2 Å². The molecule has 0 atom stereocenters. The number of ether oxygens (including phenoxy) is 1. The molecule has 0 heterocycles. The molecule has 0 saturated carbocycles. The van der Waals surface area contributed by atoms with E-state index in [1.54, 1.807) is 6.21 Å². The Labute approximate surface area is 120 Å². The zero-order chi connectivity index (χ0) is 14.2. The molecular formula is C17H20N2O. The van der Waals surface area contributed by atoms with E-state index in [1.165, 1.54) is 0 Å². The molecule has 0 unspecified atom stereocenters. The Morgan fingerprint density at radius 1 is 1.05 bits per heavy atom. The lowest BCUT2D eigenvalue weighted by molar-refractivity contribution is 0.271. The van der Waals surface area contributed by atoms with Gasteiger partial charge in [0, 0.05) is 5.56 Å². The highest BCUT2D eigenvalue weighted by molar-refractivity contribution is 5.83. The van der Waals surface area contributed by atoms with Crippen molar-refractivity contribution in [3.8, 4) is 5.75 Å². The average molecular weight is 268 g/mol. The van der Waals surface area contributed by atoms with E-state index < -0.39 is 0 Å². The van der Waals surface area contributed by atoms with Gasteiger partial charge in [-0.25, -0.2) is 0 Å². The van der Waals surface area contributed by atoms with Crippen LogP contribution in [0.3, 0.4) is 0 Å². The Morgan fingerprint density at radius 3 is 2.50 bits per heavy atom. The van der Waals surface area contributed by atoms with Crippen molar-refractivity contribution < 1.29 is 4.74 Å². The summed E-state index contributed by atoms with van der Waals surface area (Å²) in [7, 11) is 0. The number of anilines is 1. The summed E-state index contributed by atoms with van der Waals surface area (Å²) in [5.41, 5.74) is 4.93. The van der Waals surface area contributed by atoms with Crippen molar-refractivity contribution in [2.75, 3.05) is 12.0 Å². The smallest absolute Gasteiger partial charge is 0.128 e. The van der Waals surface area contributed by atoms with Crippen molar-refractivity contribution in [2.45, 2.75) is 13.8 Å². The van der Waals surface area contributed by atoms with Crippen LogP contribution in [-0.4, -0.2) is 12.8 Å². The van der Waals surface area contributed by atoms with Crippen LogP contribution >= 0.6 is 0 Å². The van der Waals surface area contributed by atoms with E-state index >= 15 is 0 Å². The Kier molecular flexibility index (Phi) is 5.18. The molecule has 104 valence electrons. The number of nitrogens with one attached hydrogen (secondary N) is 1. The van der Waals surface area contributed by atoms with Gasteiger partial charge in [0.15, 0.2) is 0 Å². The van der Waals surface area contributed by atoms with Gasteiger partial charge in [0.1, 0.15) is 5.75 Å². The summed E-state index contributed by atoms with van der Waals surface area (Å²) in [5.74, 6) is 1.36. The highest BCUT2D eigenvalue weighted by Gasteiger charge is 2.01. The molecule has 0 saturated heterocycles. The second-order valence-electron chi connectivity index (χ2n) is 4.98. The third kappa shape index (κ3) is 4.43. The topological polar surface area (TPSA) is 33.6 Å². The monoisotopic (exact) mass is 268 g/mol. The van der Waals surface area contributed by atoms with Crippen LogP contribution in [0.15, 0.2) is 59.7 Å². The predicted octanol–water partition coefficient (Wildman–Crippen LogP) is 4.17. The quantitative estimate of drug-likeness (QED) is 0.630. The standard InChI is InChI=1S/C17H20N2O/c1-14(2)13-20-17-11-7-6-8-15(17)12-18-19-16-9-4-3-5-10-16/h3-12,14,19H,13H2,1-2H3. The summed E-state index contributed by atoms with van der Waals surface area (Å²) >= 11 is 0. The zero-order valence-electron chi connectivity index (χ0n) is 11.9. The van der Waals surface area contributed by atoms with Crippen molar-refractivity contribution in [1.82, 2.24) is 0 Å². The van der Waals surface area contributed by atoms with Gasteiger partial charge >= 0.3 is 0 Å². The number of hydrogen-bond donors (Lipinski definition) is 1. The van der Waals surface area contributed by atoms with Gasteiger partial charge in [0.05, 0.1) is 18.5 Å². The number of nitrogens with zero attached hydrogens (tertiary/aromatic N) is 1. The molecule has 0 spiro atoms. The van der Waals surface area contributed by atoms with Crippen LogP contribution in [0.5, 0.6) is 5.75 Å². The molecule has 0 bridgehead atoms. The minimum Gasteiger partial charge on any atom is -0.493 e. The van der Waals surface area contributed by atoms with Crippen molar-refractivity contribution in [1.29, 1.82) is 0 Å². The van der Waals surface area contributed by atoms with Crippen LogP contribution < -0.4 is 10.2 Å². The number of hydrogen-bond acceptors (Lipinski definition) is 3. The van der Waals surface area contributed by atoms with Crippen LogP contribution in [0.2, 0.25) is 0 Å². The molecule has 0 radical (unpaired) electrons. The van der Waals surface area contributed by atoms with Crippen LogP contribution in [-0.2, 0) is 0 Å². The number of hydrazone groups is 1. The maximum Gasteiger partial charge on any atom is 0.128 e. The minimum absolute atomic E-state index is 0.502. The van der Waals surface area contributed by atoms with E-state index in [1.807, 2.05) is 54.6 Å². The van der Waals surface area contributed by atoms with Crippen molar-refractivity contribution >= 4 is 11.9 Å². The Hall–Kier alpha value is -2.29. The minimum atomic E-state index is 0.502. The van der Waals surface area contributed by atoms with Gasteiger partial charge in [0.25, 0.3) is 0 Å². The van der Waals surface area contributed by atoms with E-state index in [-0.39, 0.29) is 0 Å². The fraction of sp³-hybridized carbons (Fsp3) is 0.235. The highest BCUT2D eigenvalue weighted by atomic mass is 16.5. The van der Waals surface area contributed by atoms with Gasteiger partial charge < -0.3 is 4.74 Å². The normalized spacial score (nSPS) is 10.9. The van der Waals surface area contributed by atoms with Crippen molar-refractivity contribution in [3.05, 3.63) is 60.2 Å². The van der Waals surface area contributed by atoms with E-state index in [9.17, 15) is 0 Å². The summed E-state index contributed by atoms with van der Waals surface area (Å²) in [4.78, 5) is 0. The molecule has 2 aromatic carbocycles. The zero-order valence-corrected chi connectivity index (χ0v) is 11.9. The lowest BCUT2D eigenvalue weighted by Crippen LogP contribution is -2.06. The molecule has 0 aromatic heterocycles. The maximum atomic E-state index is 5.78. The van der Waals surface area contributed by atoms with Crippen LogP contribution in [0, 0.1) is 5.92 Å². The van der Waals surface area contributed by atoms with Crippen molar-refractivity contribution in [2.24, 2.45) is 11.0 Å². The lowest BCUT2D eigenvalue weighted by atomic mass is 10.2. The summed E-state index contributed by atoms with van der Waals surface area (Å²) < 4.78 is 5.78. The molecule has 2 aromatic rings. The number of benzene rings is 2. The van der Waals surface area contributed by atoms with E-state index in [2.05, 4.69) is 24.4 Å². The van der Waals surface area contributed by atoms with E-state index in [0.29, 0.717) is 12.5 Å². The van der Waals surface area contributed by atoms with Gasteiger partial charge in [-0.1, -0.05) is 44.2 Å². The van der Waals surface area contributed by atoms with Gasteiger partial charge in [-0.2, -0.15) is 5.10 Å². The molecule has 0 fully saturated rings. The first-order valence-electron chi connectivity index (χ1n) is 6.81. The summed E-state index contributed by atoms with van der Waals surface area (Å²) in [5, 5.41) is 4.24. The molecule has 3 heteroatoms. The second-order valence-corrected chi connectivity index (χ2v) is 4.98. The fourth-order valence-corrected chi connectivity index (χ4v) is 1.66. The lowest BCUT2D eigenvalue weighted by Gasteiger charge is -2.10. The molecule has 2 rings (SSSR count). The van der Waals surface area contributed by atoms with E-state index in [0.717, 1.165) is 17.0 Å². The summed E-state index contributed by atoms with van der Waals surface area (Å²) in [6.07, 6.45) is 1.78. The largest absolute Gasteiger partial charge is 0.493 e. The van der Waals surface area contributed by atoms with Crippen LogP contribution in [0.25, 0.3) is 0 Å². The molecule has 3 nitrogen and oxygen atoms in total. The van der Waals surface area contributed by atoms with E-state index in [4.69, 9.17) is 4.74 Å². The Morgan fingerprint density at radius 2 is 1.75 bits per heavy atom. The SMILES string of the molecule is CC(C)COc1ccccc1C=NNc1ccccc1. The van der Waals surface area contributed by atoms with Crippen LogP contribution in [0.4, 0.5) is 5.69 Å². The molecular weight excluding hydrogens is 248 g/mol. The maximum absolute atomic E-state index is 5.78. The first-order chi connectivity index (χ1) is 9.75. The predicted molar refractivity (Wildman–Crippen MR) is 84.4 cm³/mol. The average Bonchev–Trinajstić information content (AvgIpc) is 2.47. The molecule has 0 amide bonds. The first kappa shape index (κ1) is 14.1. The van der Waals surface area contributed by atoms with Crippen molar-refractivity contribution in [3.63, 3.8) is 0 Å². The van der Waals surface area contributed by atoms with Crippen LogP contribution in [0.1, 0.15) is 19.4 Å². The van der Waals surface area contributed by atoms with Gasteiger partial charge in [-0.3, -0.25) is 5.43 Å². The van der Waals surface area contributed by atoms with Gasteiger partial charge in [0.2, 0.25) is 0 Å². The molecule has 20 heavy (non-hydrogen) atoms. The summed E-state index contributed by atoms with van der Waals surface area (Å²) in [6.45, 7) is 4.97. The molecule has 1 N–H and O–H groups in total.